The van der Waals surface area contributed by atoms with Crippen molar-refractivity contribution in [3.8, 4) is 0 Å². The number of rotatable bonds is 6. The van der Waals surface area contributed by atoms with Crippen LogP contribution in [0.5, 0.6) is 0 Å². The minimum atomic E-state index is -0.462. The van der Waals surface area contributed by atoms with Crippen LogP contribution in [0, 0.1) is 5.92 Å². The molecule has 3 fully saturated rings. The van der Waals surface area contributed by atoms with Crippen molar-refractivity contribution in [2.75, 3.05) is 23.7 Å². The van der Waals surface area contributed by atoms with Crippen molar-refractivity contribution in [3.63, 3.8) is 0 Å². The minimum absolute atomic E-state index is 0.131. The van der Waals surface area contributed by atoms with Gasteiger partial charge in [0.1, 0.15) is 17.8 Å². The number of carbonyl (C=O) groups is 1. The Balaban J connectivity index is 1.51. The first-order valence-electron chi connectivity index (χ1n) is 10.1. The molecular weight excluding hydrogens is 370 g/mol. The molecular formula is C20H25N7O2. The molecule has 0 aromatic carbocycles. The second-order valence-corrected chi connectivity index (χ2v) is 8.02. The second kappa shape index (κ2) is 7.16. The van der Waals surface area contributed by atoms with E-state index >= 15 is 0 Å². The Morgan fingerprint density at radius 1 is 1.38 bits per heavy atom. The molecule has 0 radical (unpaired) electrons. The van der Waals surface area contributed by atoms with Gasteiger partial charge in [0.05, 0.1) is 12.3 Å². The maximum absolute atomic E-state index is 12.1. The van der Waals surface area contributed by atoms with Gasteiger partial charge in [0, 0.05) is 35.9 Å². The van der Waals surface area contributed by atoms with Crippen molar-refractivity contribution in [2.24, 2.45) is 5.92 Å². The van der Waals surface area contributed by atoms with Crippen LogP contribution >= 0.6 is 0 Å². The second-order valence-electron chi connectivity index (χ2n) is 8.02. The normalized spacial score (nSPS) is 25.8. The van der Waals surface area contributed by atoms with E-state index in [1.54, 1.807) is 10.7 Å². The largest absolute Gasteiger partial charge is 0.390 e. The van der Waals surface area contributed by atoms with Crippen LogP contribution in [0.3, 0.4) is 0 Å². The Morgan fingerprint density at radius 2 is 2.24 bits per heavy atom. The van der Waals surface area contributed by atoms with Crippen LogP contribution in [0.15, 0.2) is 30.1 Å². The fourth-order valence-electron chi connectivity index (χ4n) is 3.75. The van der Waals surface area contributed by atoms with Gasteiger partial charge in [-0.05, 0) is 37.8 Å². The van der Waals surface area contributed by atoms with Gasteiger partial charge in [-0.25, -0.2) is 4.98 Å². The third-order valence-corrected chi connectivity index (χ3v) is 5.58. The highest BCUT2D eigenvalue weighted by Crippen LogP contribution is 2.30. The van der Waals surface area contributed by atoms with E-state index < -0.39 is 6.10 Å². The van der Waals surface area contributed by atoms with E-state index in [0.717, 1.165) is 24.5 Å². The summed E-state index contributed by atoms with van der Waals surface area (Å²) in [5.41, 5.74) is 2.76. The standard InChI is InChI=1S/C20H25N7O2/c1-11-6-13(20(29)24-11)7-14-10-23-27-17(22-9-12-2-3-12)8-16(26-19(14)27)25-18-15(28)4-5-21-18/h7-8,10,12,15,18,21-22,28H,1-6,9H2,(H,24,29)(H,25,26)/b13-7+/t15-,18?/m0/s1. The summed E-state index contributed by atoms with van der Waals surface area (Å²) in [6.45, 7) is 5.48. The molecule has 9 heteroatoms. The zero-order valence-corrected chi connectivity index (χ0v) is 16.1. The molecule has 2 aromatic heterocycles. The summed E-state index contributed by atoms with van der Waals surface area (Å²) in [7, 11) is 0. The number of aliphatic hydroxyl groups excluding tert-OH is 1. The van der Waals surface area contributed by atoms with Gasteiger partial charge in [0.15, 0.2) is 5.65 Å². The quantitative estimate of drug-likeness (QED) is 0.465. The number of hydrogen-bond acceptors (Lipinski definition) is 7. The molecule has 29 heavy (non-hydrogen) atoms. The molecule has 2 saturated heterocycles. The molecule has 3 aliphatic rings. The monoisotopic (exact) mass is 395 g/mol. The topological polar surface area (TPSA) is 116 Å². The predicted molar refractivity (Wildman–Crippen MR) is 110 cm³/mol. The molecule has 5 N–H and O–H groups in total. The van der Waals surface area contributed by atoms with Crippen LogP contribution in [0.25, 0.3) is 11.7 Å². The van der Waals surface area contributed by atoms with Crippen LogP contribution in [0.1, 0.15) is 31.2 Å². The van der Waals surface area contributed by atoms with Gasteiger partial charge in [0.2, 0.25) is 0 Å². The lowest BCUT2D eigenvalue weighted by Crippen LogP contribution is -2.38. The number of nitrogens with zero attached hydrogens (tertiary/aromatic N) is 3. The van der Waals surface area contributed by atoms with Crippen LogP contribution in [0.2, 0.25) is 0 Å². The van der Waals surface area contributed by atoms with Crippen molar-refractivity contribution < 1.29 is 9.90 Å². The van der Waals surface area contributed by atoms with Crippen molar-refractivity contribution in [2.45, 2.75) is 38.0 Å². The van der Waals surface area contributed by atoms with Gasteiger partial charge in [-0.15, -0.1) is 0 Å². The lowest BCUT2D eigenvalue weighted by atomic mass is 10.1. The first-order valence-corrected chi connectivity index (χ1v) is 10.1. The summed E-state index contributed by atoms with van der Waals surface area (Å²) in [4.78, 5) is 16.8. The lowest BCUT2D eigenvalue weighted by Gasteiger charge is -2.18. The highest BCUT2D eigenvalue weighted by Gasteiger charge is 2.26. The van der Waals surface area contributed by atoms with Crippen molar-refractivity contribution in [1.29, 1.82) is 0 Å². The van der Waals surface area contributed by atoms with Crippen molar-refractivity contribution >= 4 is 29.3 Å². The molecule has 152 valence electrons. The number of allylic oxidation sites excluding steroid dienone is 1. The van der Waals surface area contributed by atoms with Crippen LogP contribution in [-0.4, -0.2) is 51.0 Å². The van der Waals surface area contributed by atoms with E-state index in [2.05, 4.69) is 32.9 Å². The highest BCUT2D eigenvalue weighted by atomic mass is 16.3. The fourth-order valence-corrected chi connectivity index (χ4v) is 3.75. The number of hydrogen-bond donors (Lipinski definition) is 5. The summed E-state index contributed by atoms with van der Waals surface area (Å²) in [6, 6.07) is 1.91. The molecule has 4 heterocycles. The number of fused-ring (bicyclic) bond motifs is 1. The molecule has 5 rings (SSSR count). The van der Waals surface area contributed by atoms with E-state index in [9.17, 15) is 9.90 Å². The molecule has 0 spiro atoms. The number of aliphatic hydroxyl groups is 1. The minimum Gasteiger partial charge on any atom is -0.390 e. The average Bonchev–Trinajstić information content (AvgIpc) is 3.18. The maximum atomic E-state index is 12.1. The smallest absolute Gasteiger partial charge is 0.251 e. The summed E-state index contributed by atoms with van der Waals surface area (Å²) in [6.07, 6.45) is 6.54. The van der Waals surface area contributed by atoms with Gasteiger partial charge in [-0.1, -0.05) is 6.58 Å². The van der Waals surface area contributed by atoms with Gasteiger partial charge in [-0.2, -0.15) is 9.61 Å². The van der Waals surface area contributed by atoms with Crippen molar-refractivity contribution in [3.05, 3.63) is 35.7 Å². The molecule has 1 saturated carbocycles. The number of aromatic nitrogens is 3. The van der Waals surface area contributed by atoms with Gasteiger partial charge in [-0.3, -0.25) is 10.1 Å². The fraction of sp³-hybridized carbons (Fsp3) is 0.450. The SMILES string of the molecule is C=C1C/C(=C\c2cnn3c(NCC4CC4)cc(NC4NCC[C@@H]4O)nc23)C(=O)N1. The number of anilines is 2. The summed E-state index contributed by atoms with van der Waals surface area (Å²) < 4.78 is 1.76. The van der Waals surface area contributed by atoms with Crippen LogP contribution < -0.4 is 21.3 Å². The third-order valence-electron chi connectivity index (χ3n) is 5.58. The van der Waals surface area contributed by atoms with E-state index in [-0.39, 0.29) is 12.1 Å². The van der Waals surface area contributed by atoms with Gasteiger partial charge >= 0.3 is 0 Å². The maximum Gasteiger partial charge on any atom is 0.251 e. The predicted octanol–water partition coefficient (Wildman–Crippen LogP) is 1.06. The van der Waals surface area contributed by atoms with E-state index in [1.165, 1.54) is 12.8 Å². The molecule has 0 bridgehead atoms. The van der Waals surface area contributed by atoms with E-state index in [4.69, 9.17) is 4.98 Å². The summed E-state index contributed by atoms with van der Waals surface area (Å²) >= 11 is 0. The molecule has 1 aliphatic carbocycles. The summed E-state index contributed by atoms with van der Waals surface area (Å²) in [5, 5.41) is 27.4. The molecule has 2 aromatic rings. The van der Waals surface area contributed by atoms with Gasteiger partial charge in [0.25, 0.3) is 5.91 Å². The average molecular weight is 395 g/mol. The summed E-state index contributed by atoms with van der Waals surface area (Å²) in [5.74, 6) is 2.06. The molecule has 1 amide bonds. The third kappa shape index (κ3) is 3.70. The molecule has 9 nitrogen and oxygen atoms in total. The highest BCUT2D eigenvalue weighted by molar-refractivity contribution is 6.02. The van der Waals surface area contributed by atoms with Crippen LogP contribution in [-0.2, 0) is 4.79 Å². The Hall–Kier alpha value is -2.91. The van der Waals surface area contributed by atoms with E-state index in [0.29, 0.717) is 41.5 Å². The first kappa shape index (κ1) is 18.1. The molecule has 2 atom stereocenters. The zero-order chi connectivity index (χ0) is 20.0. The lowest BCUT2D eigenvalue weighted by molar-refractivity contribution is -0.115. The Bertz CT molecular complexity index is 1010. The Labute approximate surface area is 168 Å². The van der Waals surface area contributed by atoms with E-state index in [1.807, 2.05) is 12.1 Å². The Morgan fingerprint density at radius 3 is 2.93 bits per heavy atom. The van der Waals surface area contributed by atoms with Gasteiger partial charge < -0.3 is 21.1 Å². The van der Waals surface area contributed by atoms with Crippen molar-refractivity contribution in [1.82, 2.24) is 25.2 Å². The number of amides is 1. The number of carbonyl (C=O) groups excluding carboxylic acids is 1. The Kier molecular flexibility index (Phi) is 4.48. The molecule has 1 unspecified atom stereocenters. The zero-order valence-electron chi connectivity index (χ0n) is 16.1. The molecule has 2 aliphatic heterocycles. The first-order chi connectivity index (χ1) is 14.1. The number of nitrogens with one attached hydrogen (secondary N) is 4. The van der Waals surface area contributed by atoms with Crippen LogP contribution in [0.4, 0.5) is 11.6 Å².